The maximum Gasteiger partial charge on any atom is 0.284 e. The lowest BCUT2D eigenvalue weighted by atomic mass is 10.3. The molecule has 1 rings (SSSR count). The Morgan fingerprint density at radius 1 is 1.58 bits per heavy atom. The molecule has 0 unspecified atom stereocenters. The summed E-state index contributed by atoms with van der Waals surface area (Å²) in [7, 11) is 1.35. The van der Waals surface area contributed by atoms with Crippen molar-refractivity contribution in [1.82, 2.24) is 4.98 Å². The Balaban J connectivity index is 3.11. The smallest absolute Gasteiger partial charge is 0.284 e. The highest BCUT2D eigenvalue weighted by Gasteiger charge is 2.15. The van der Waals surface area contributed by atoms with Gasteiger partial charge >= 0.3 is 0 Å². The van der Waals surface area contributed by atoms with Crippen LogP contribution in [0.3, 0.4) is 0 Å². The Kier molecular flexibility index (Phi) is 3.19. The molecule has 2 nitrogen and oxygen atoms in total. The Morgan fingerprint density at radius 3 is 2.75 bits per heavy atom. The van der Waals surface area contributed by atoms with Crippen LogP contribution in [0.15, 0.2) is 12.3 Å². The summed E-state index contributed by atoms with van der Waals surface area (Å²) in [4.78, 5) is 3.57. The molecule has 0 spiro atoms. The van der Waals surface area contributed by atoms with Crippen LogP contribution in [0, 0.1) is 3.57 Å². The van der Waals surface area contributed by atoms with Crippen molar-refractivity contribution >= 4 is 22.6 Å². The molecule has 0 saturated carbocycles. The van der Waals surface area contributed by atoms with Crippen LogP contribution in [0.25, 0.3) is 0 Å². The molecule has 0 bridgehead atoms. The van der Waals surface area contributed by atoms with Gasteiger partial charge < -0.3 is 4.74 Å². The lowest BCUT2D eigenvalue weighted by Crippen LogP contribution is -1.96. The molecule has 5 heteroatoms. The lowest BCUT2D eigenvalue weighted by Gasteiger charge is -2.05. The minimum atomic E-state index is -2.59. The third-order valence-electron chi connectivity index (χ3n) is 1.28. The first-order chi connectivity index (χ1) is 5.65. The number of alkyl halides is 2. The van der Waals surface area contributed by atoms with Crippen molar-refractivity contribution in [1.29, 1.82) is 0 Å². The zero-order valence-electron chi connectivity index (χ0n) is 6.22. The zero-order valence-corrected chi connectivity index (χ0v) is 8.38. The van der Waals surface area contributed by atoms with E-state index >= 15 is 0 Å². The van der Waals surface area contributed by atoms with Crippen molar-refractivity contribution in [2.45, 2.75) is 6.43 Å². The van der Waals surface area contributed by atoms with Crippen LogP contribution in [-0.2, 0) is 0 Å². The van der Waals surface area contributed by atoms with E-state index in [4.69, 9.17) is 4.74 Å². The number of hydrogen-bond acceptors (Lipinski definition) is 2. The second-order valence-electron chi connectivity index (χ2n) is 2.04. The van der Waals surface area contributed by atoms with Gasteiger partial charge in [-0.05, 0) is 28.7 Å². The highest BCUT2D eigenvalue weighted by atomic mass is 127. The van der Waals surface area contributed by atoms with E-state index in [0.717, 1.165) is 3.57 Å². The molecule has 0 aromatic carbocycles. The maximum absolute atomic E-state index is 12.2. The lowest BCUT2D eigenvalue weighted by molar-refractivity contribution is 0.141. The Hall–Kier alpha value is -0.460. The zero-order chi connectivity index (χ0) is 9.14. The number of pyridine rings is 1. The minimum Gasteiger partial charge on any atom is -0.495 e. The average Bonchev–Trinajstić information content (AvgIpc) is 2.03. The molecule has 0 N–H and O–H groups in total. The van der Waals surface area contributed by atoms with Gasteiger partial charge in [-0.25, -0.2) is 8.78 Å². The van der Waals surface area contributed by atoms with Crippen molar-refractivity contribution in [2.75, 3.05) is 7.11 Å². The number of ether oxygens (including phenoxy) is 1. The van der Waals surface area contributed by atoms with E-state index in [2.05, 4.69) is 4.98 Å². The first kappa shape index (κ1) is 9.63. The SMILES string of the molecule is COc1cc(I)cnc1C(F)F. The van der Waals surface area contributed by atoms with Gasteiger partial charge in [0.15, 0.2) is 0 Å². The molecule has 66 valence electrons. The molecule has 1 aromatic rings. The predicted molar refractivity (Wildman–Crippen MR) is 48.5 cm³/mol. The Bertz CT molecular complexity index is 280. The summed E-state index contributed by atoms with van der Waals surface area (Å²) in [5.41, 5.74) is -0.307. The summed E-state index contributed by atoms with van der Waals surface area (Å²) in [5, 5.41) is 0. The molecule has 0 aliphatic rings. The standard InChI is InChI=1S/C7H6F2INO/c1-12-5-2-4(10)3-11-6(5)7(8)9/h2-3,7H,1H3. The molecule has 1 aromatic heterocycles. The molecule has 0 amide bonds. The summed E-state index contributed by atoms with van der Waals surface area (Å²) in [6, 6.07) is 1.52. The van der Waals surface area contributed by atoms with E-state index in [1.54, 1.807) is 0 Å². The second-order valence-corrected chi connectivity index (χ2v) is 3.29. The van der Waals surface area contributed by atoms with Crippen LogP contribution in [0.1, 0.15) is 12.1 Å². The van der Waals surface area contributed by atoms with Gasteiger partial charge in [0.2, 0.25) is 0 Å². The predicted octanol–water partition coefficient (Wildman–Crippen LogP) is 2.63. The minimum absolute atomic E-state index is 0.136. The van der Waals surface area contributed by atoms with E-state index in [-0.39, 0.29) is 11.4 Å². The Labute approximate surface area is 82.1 Å². The summed E-state index contributed by atoms with van der Waals surface area (Å²) in [5.74, 6) is 0.136. The van der Waals surface area contributed by atoms with Crippen LogP contribution in [0.4, 0.5) is 8.78 Å². The van der Waals surface area contributed by atoms with Gasteiger partial charge in [-0.15, -0.1) is 0 Å². The molecule has 0 aliphatic carbocycles. The molecule has 0 saturated heterocycles. The van der Waals surface area contributed by atoms with E-state index in [0.29, 0.717) is 0 Å². The molecule has 0 radical (unpaired) electrons. The number of hydrogen-bond donors (Lipinski definition) is 0. The number of nitrogens with zero attached hydrogens (tertiary/aromatic N) is 1. The molecule has 0 fully saturated rings. The molecule has 0 aliphatic heterocycles. The van der Waals surface area contributed by atoms with Crippen LogP contribution in [-0.4, -0.2) is 12.1 Å². The molecule has 1 heterocycles. The summed E-state index contributed by atoms with van der Waals surface area (Å²) >= 11 is 1.98. The highest BCUT2D eigenvalue weighted by molar-refractivity contribution is 14.1. The van der Waals surface area contributed by atoms with Crippen LogP contribution < -0.4 is 4.74 Å². The van der Waals surface area contributed by atoms with Gasteiger partial charge in [0.25, 0.3) is 6.43 Å². The summed E-state index contributed by atoms with van der Waals surface area (Å²) < 4.78 is 29.9. The fourth-order valence-electron chi connectivity index (χ4n) is 0.759. The summed E-state index contributed by atoms with van der Waals surface area (Å²) in [6.45, 7) is 0. The third kappa shape index (κ3) is 2.02. The van der Waals surface area contributed by atoms with Crippen molar-refractivity contribution in [2.24, 2.45) is 0 Å². The van der Waals surface area contributed by atoms with E-state index in [1.807, 2.05) is 22.6 Å². The fraction of sp³-hybridized carbons (Fsp3) is 0.286. The van der Waals surface area contributed by atoms with Crippen molar-refractivity contribution < 1.29 is 13.5 Å². The van der Waals surface area contributed by atoms with E-state index in [1.165, 1.54) is 19.4 Å². The topological polar surface area (TPSA) is 22.1 Å². The largest absolute Gasteiger partial charge is 0.495 e. The highest BCUT2D eigenvalue weighted by Crippen LogP contribution is 2.27. The third-order valence-corrected chi connectivity index (χ3v) is 1.86. The first-order valence-electron chi connectivity index (χ1n) is 3.12. The summed E-state index contributed by atoms with van der Waals surface area (Å²) in [6.07, 6.45) is -1.21. The monoisotopic (exact) mass is 285 g/mol. The van der Waals surface area contributed by atoms with E-state index in [9.17, 15) is 8.78 Å². The maximum atomic E-state index is 12.2. The van der Waals surface area contributed by atoms with Crippen LogP contribution in [0.2, 0.25) is 0 Å². The first-order valence-corrected chi connectivity index (χ1v) is 4.20. The van der Waals surface area contributed by atoms with Crippen LogP contribution >= 0.6 is 22.6 Å². The van der Waals surface area contributed by atoms with Crippen LogP contribution in [0.5, 0.6) is 5.75 Å². The van der Waals surface area contributed by atoms with Gasteiger partial charge in [0.1, 0.15) is 11.4 Å². The van der Waals surface area contributed by atoms with Gasteiger partial charge in [0, 0.05) is 9.77 Å². The molecule has 0 atom stereocenters. The van der Waals surface area contributed by atoms with E-state index < -0.39 is 6.43 Å². The molecular formula is C7H6F2INO. The Morgan fingerprint density at radius 2 is 2.25 bits per heavy atom. The number of aromatic nitrogens is 1. The van der Waals surface area contributed by atoms with Gasteiger partial charge in [0.05, 0.1) is 7.11 Å². The normalized spacial score (nSPS) is 10.4. The van der Waals surface area contributed by atoms with Crippen molar-refractivity contribution in [3.8, 4) is 5.75 Å². The second kappa shape index (κ2) is 3.97. The van der Waals surface area contributed by atoms with Crippen molar-refractivity contribution in [3.63, 3.8) is 0 Å². The van der Waals surface area contributed by atoms with Gasteiger partial charge in [-0.1, -0.05) is 0 Å². The quantitative estimate of drug-likeness (QED) is 0.779. The van der Waals surface area contributed by atoms with Gasteiger partial charge in [-0.3, -0.25) is 4.98 Å². The average molecular weight is 285 g/mol. The molecular weight excluding hydrogens is 279 g/mol. The number of halogens is 3. The molecule has 12 heavy (non-hydrogen) atoms. The number of methoxy groups -OCH3 is 1. The number of rotatable bonds is 2. The van der Waals surface area contributed by atoms with Gasteiger partial charge in [-0.2, -0.15) is 0 Å². The van der Waals surface area contributed by atoms with Crippen molar-refractivity contribution in [3.05, 3.63) is 21.5 Å². The fourth-order valence-corrected chi connectivity index (χ4v) is 1.18.